The van der Waals surface area contributed by atoms with Gasteiger partial charge in [0.15, 0.2) is 0 Å². The molecule has 1 aliphatic heterocycles. The van der Waals surface area contributed by atoms with Crippen LogP contribution in [-0.2, 0) is 23.6 Å². The molecule has 1 saturated heterocycles. The number of H-pyrrole nitrogens is 1. The van der Waals surface area contributed by atoms with Gasteiger partial charge in [0, 0.05) is 44.2 Å². The second-order valence-electron chi connectivity index (χ2n) is 9.38. The average Bonchev–Trinajstić information content (AvgIpc) is 2.85. The van der Waals surface area contributed by atoms with Crippen LogP contribution in [0, 0.1) is 11.3 Å². The smallest absolute Gasteiger partial charge is 0.281 e. The minimum absolute atomic E-state index is 0.0358. The highest BCUT2D eigenvalue weighted by Crippen LogP contribution is 2.32. The van der Waals surface area contributed by atoms with Crippen LogP contribution in [0.15, 0.2) is 70.5 Å². The van der Waals surface area contributed by atoms with E-state index in [1.54, 1.807) is 43.6 Å². The van der Waals surface area contributed by atoms with Crippen molar-refractivity contribution in [3.8, 4) is 6.07 Å². The summed E-state index contributed by atoms with van der Waals surface area (Å²) >= 11 is 0. The van der Waals surface area contributed by atoms with E-state index in [0.29, 0.717) is 25.3 Å². The number of hydrogen-bond donors (Lipinski definition) is 1. The van der Waals surface area contributed by atoms with E-state index in [-0.39, 0.29) is 28.1 Å². The van der Waals surface area contributed by atoms with E-state index in [9.17, 15) is 18.5 Å². The Kier molecular flexibility index (Phi) is 5.98. The number of anilines is 1. The molecule has 0 spiro atoms. The minimum atomic E-state index is -3.62. The Labute approximate surface area is 209 Å². The van der Waals surface area contributed by atoms with E-state index >= 15 is 0 Å². The summed E-state index contributed by atoms with van der Waals surface area (Å²) in [4.78, 5) is 17.6. The molecule has 0 radical (unpaired) electrons. The summed E-state index contributed by atoms with van der Waals surface area (Å²) < 4.78 is 28.1. The third-order valence-electron chi connectivity index (χ3n) is 6.99. The lowest BCUT2D eigenvalue weighted by Crippen LogP contribution is -2.56. The monoisotopic (exact) mass is 504 g/mol. The lowest BCUT2D eigenvalue weighted by Gasteiger charge is -2.46. The molecule has 186 valence electrons. The normalized spacial score (nSPS) is 19.0. The predicted octanol–water partition coefficient (Wildman–Crippen LogP) is 2.88. The molecule has 0 amide bonds. The van der Waals surface area contributed by atoms with E-state index in [1.165, 1.54) is 4.57 Å². The summed E-state index contributed by atoms with van der Waals surface area (Å²) in [6.45, 7) is 6.09. The number of hydrogen-bond acceptors (Lipinski definition) is 6. The number of aromatic nitrogens is 3. The van der Waals surface area contributed by atoms with Gasteiger partial charge in [-0.1, -0.05) is 36.4 Å². The van der Waals surface area contributed by atoms with Crippen molar-refractivity contribution >= 4 is 26.6 Å². The number of nitrogens with zero attached hydrogens (tertiary/aromatic N) is 5. The Morgan fingerprint density at radius 3 is 2.39 bits per heavy atom. The number of benzene rings is 2. The maximum atomic E-state index is 13.0. The van der Waals surface area contributed by atoms with Crippen LogP contribution in [0.25, 0.3) is 10.9 Å². The number of piperazine rings is 1. The van der Waals surface area contributed by atoms with Gasteiger partial charge in [0.25, 0.3) is 15.6 Å². The fraction of sp³-hybridized carbons (Fsp3) is 0.308. The van der Waals surface area contributed by atoms with Crippen LogP contribution in [0.1, 0.15) is 25.1 Å². The maximum absolute atomic E-state index is 13.0. The minimum Gasteiger partial charge on any atom is -0.364 e. The number of aryl methyl sites for hydroxylation is 1. The van der Waals surface area contributed by atoms with Crippen LogP contribution in [0.5, 0.6) is 0 Å². The number of para-hydroxylation sites is 1. The van der Waals surface area contributed by atoms with Gasteiger partial charge in [-0.15, -0.1) is 0 Å². The van der Waals surface area contributed by atoms with Crippen molar-refractivity contribution in [1.29, 1.82) is 5.26 Å². The largest absolute Gasteiger partial charge is 0.364 e. The first-order chi connectivity index (χ1) is 17.2. The Bertz CT molecular complexity index is 1620. The zero-order chi connectivity index (χ0) is 25.6. The molecule has 1 N–H and O–H groups in total. The SMILES string of the molecule is C[C@@H]1CN(c2c(C#N)c(=O)n(C)c3ccccc23)[C@@H](C)CN1Cc1cn(S(=O)(=O)c2ccccc2)[nH]1. The quantitative estimate of drug-likeness (QED) is 0.448. The zero-order valence-corrected chi connectivity index (χ0v) is 21.2. The summed E-state index contributed by atoms with van der Waals surface area (Å²) in [5, 5.41) is 13.7. The molecular weight excluding hydrogens is 476 g/mol. The highest BCUT2D eigenvalue weighted by molar-refractivity contribution is 7.89. The average molecular weight is 505 g/mol. The molecule has 2 atom stereocenters. The first kappa shape index (κ1) is 23.9. The van der Waals surface area contributed by atoms with Crippen LogP contribution in [-0.4, -0.2) is 52.2 Å². The molecular formula is C26H28N6O3S. The van der Waals surface area contributed by atoms with Crippen LogP contribution in [0.4, 0.5) is 5.69 Å². The van der Waals surface area contributed by atoms with Crippen molar-refractivity contribution in [2.75, 3.05) is 18.0 Å². The summed E-state index contributed by atoms with van der Waals surface area (Å²) in [6.07, 6.45) is 1.62. The lowest BCUT2D eigenvalue weighted by atomic mass is 10.0. The van der Waals surface area contributed by atoms with Crippen LogP contribution in [0.3, 0.4) is 0 Å². The summed E-state index contributed by atoms with van der Waals surface area (Å²) in [6, 6.07) is 18.3. The molecule has 36 heavy (non-hydrogen) atoms. The van der Waals surface area contributed by atoms with Crippen molar-refractivity contribution in [1.82, 2.24) is 18.7 Å². The van der Waals surface area contributed by atoms with E-state index in [1.807, 2.05) is 24.3 Å². The van der Waals surface area contributed by atoms with Crippen molar-refractivity contribution in [2.45, 2.75) is 37.4 Å². The number of aromatic amines is 1. The van der Waals surface area contributed by atoms with Crippen LogP contribution >= 0.6 is 0 Å². The summed E-state index contributed by atoms with van der Waals surface area (Å²) in [5.41, 5.74) is 2.17. The molecule has 9 nitrogen and oxygen atoms in total. The Balaban J connectivity index is 1.38. The molecule has 10 heteroatoms. The van der Waals surface area contributed by atoms with Crippen molar-refractivity contribution in [2.24, 2.45) is 7.05 Å². The van der Waals surface area contributed by atoms with Crippen LogP contribution < -0.4 is 10.5 Å². The third kappa shape index (κ3) is 3.90. The van der Waals surface area contributed by atoms with Gasteiger partial charge in [-0.3, -0.25) is 14.8 Å². The van der Waals surface area contributed by atoms with Gasteiger partial charge in [0.2, 0.25) is 0 Å². The van der Waals surface area contributed by atoms with Crippen molar-refractivity contribution in [3.05, 3.63) is 82.4 Å². The van der Waals surface area contributed by atoms with Crippen molar-refractivity contribution in [3.63, 3.8) is 0 Å². The second kappa shape index (κ2) is 9.00. The Morgan fingerprint density at radius 2 is 1.69 bits per heavy atom. The van der Waals surface area contributed by atoms with E-state index in [4.69, 9.17) is 0 Å². The van der Waals surface area contributed by atoms with E-state index in [2.05, 4.69) is 34.8 Å². The van der Waals surface area contributed by atoms with Gasteiger partial charge in [0.1, 0.15) is 11.6 Å². The number of nitriles is 1. The first-order valence-electron chi connectivity index (χ1n) is 11.8. The van der Waals surface area contributed by atoms with E-state index < -0.39 is 10.0 Å². The molecule has 0 aliphatic carbocycles. The molecule has 0 bridgehead atoms. The molecule has 4 aromatic rings. The molecule has 2 aromatic heterocycles. The first-order valence-corrected chi connectivity index (χ1v) is 13.3. The highest BCUT2D eigenvalue weighted by atomic mass is 32.2. The summed E-state index contributed by atoms with van der Waals surface area (Å²) in [5.74, 6) is 0. The van der Waals surface area contributed by atoms with Crippen molar-refractivity contribution < 1.29 is 8.42 Å². The zero-order valence-electron chi connectivity index (χ0n) is 20.4. The number of fused-ring (bicyclic) bond motifs is 1. The van der Waals surface area contributed by atoms with Gasteiger partial charge in [-0.2, -0.15) is 17.8 Å². The van der Waals surface area contributed by atoms with Gasteiger partial charge in [-0.05, 0) is 32.0 Å². The maximum Gasteiger partial charge on any atom is 0.281 e. The predicted molar refractivity (Wildman–Crippen MR) is 138 cm³/mol. The molecule has 1 fully saturated rings. The fourth-order valence-electron chi connectivity index (χ4n) is 5.02. The highest BCUT2D eigenvalue weighted by Gasteiger charge is 2.33. The molecule has 0 unspecified atom stereocenters. The fourth-order valence-corrected chi connectivity index (χ4v) is 6.25. The van der Waals surface area contributed by atoms with Crippen LogP contribution in [0.2, 0.25) is 0 Å². The van der Waals surface area contributed by atoms with Gasteiger partial charge in [0.05, 0.1) is 28.0 Å². The molecule has 1 aliphatic rings. The summed E-state index contributed by atoms with van der Waals surface area (Å²) in [7, 11) is -1.93. The van der Waals surface area contributed by atoms with E-state index in [0.717, 1.165) is 20.7 Å². The van der Waals surface area contributed by atoms with Gasteiger partial charge >= 0.3 is 0 Å². The second-order valence-corrected chi connectivity index (χ2v) is 11.2. The molecule has 3 heterocycles. The molecule has 2 aromatic carbocycles. The van der Waals surface area contributed by atoms with Gasteiger partial charge < -0.3 is 9.47 Å². The Hall–Kier alpha value is -3.81. The molecule has 5 rings (SSSR count). The lowest BCUT2D eigenvalue weighted by molar-refractivity contribution is 0.154. The Morgan fingerprint density at radius 1 is 1.03 bits per heavy atom. The number of rotatable bonds is 5. The number of nitrogens with one attached hydrogen (secondary N) is 1. The van der Waals surface area contributed by atoms with Gasteiger partial charge in [-0.25, -0.2) is 0 Å². The standard InChI is InChI=1S/C26H28N6O3S/c1-18-15-31(25-22-11-7-8-12-24(22)29(3)26(33)23(25)13-27)19(2)14-30(18)16-20-17-32(28-20)36(34,35)21-9-5-4-6-10-21/h4-12,17-19,28H,14-16H2,1-3H3/t18-,19+/m1/s1. The number of pyridine rings is 1. The topological polar surface area (TPSA) is 107 Å². The third-order valence-corrected chi connectivity index (χ3v) is 8.57. The molecule has 0 saturated carbocycles.